The van der Waals surface area contributed by atoms with Crippen molar-refractivity contribution in [1.29, 1.82) is 0 Å². The number of carbonyl (C=O) groups is 2. The number of carbonyl (C=O) groups excluding carboxylic acids is 2. The number of rotatable bonds is 3. The molecule has 2 unspecified atom stereocenters. The Labute approximate surface area is 109 Å². The van der Waals surface area contributed by atoms with E-state index in [1.54, 1.807) is 6.08 Å². The third kappa shape index (κ3) is 2.65. The van der Waals surface area contributed by atoms with Crippen LogP contribution in [-0.4, -0.2) is 29.7 Å². The minimum atomic E-state index is -0.0123. The Hall–Kier alpha value is -1.12. The molecule has 0 saturated carbocycles. The van der Waals surface area contributed by atoms with Gasteiger partial charge < -0.3 is 4.90 Å². The second-order valence-electron chi connectivity index (χ2n) is 5.58. The quantitative estimate of drug-likeness (QED) is 0.771. The third-order valence-electron chi connectivity index (χ3n) is 4.15. The van der Waals surface area contributed by atoms with E-state index in [0.29, 0.717) is 0 Å². The van der Waals surface area contributed by atoms with Crippen molar-refractivity contribution in [1.82, 2.24) is 4.90 Å². The van der Waals surface area contributed by atoms with Crippen LogP contribution in [0.1, 0.15) is 46.0 Å². The third-order valence-corrected chi connectivity index (χ3v) is 4.15. The standard InChI is InChI=1S/C15H23NO2/c1-3-8-16-9-4-5-13(15(16)18)12-7-6-11(2)14(17)10-12/h10-11,13H,3-9H2,1-2H3. The molecular weight excluding hydrogens is 226 g/mol. The SMILES string of the molecule is CCCN1CCCC(C2=CC(=O)C(C)CC2)C1=O. The van der Waals surface area contributed by atoms with Crippen molar-refractivity contribution < 1.29 is 9.59 Å². The van der Waals surface area contributed by atoms with Crippen LogP contribution in [0.4, 0.5) is 0 Å². The van der Waals surface area contributed by atoms with Crippen LogP contribution < -0.4 is 0 Å². The second-order valence-corrected chi connectivity index (χ2v) is 5.58. The number of piperidine rings is 1. The average Bonchev–Trinajstić information content (AvgIpc) is 2.36. The summed E-state index contributed by atoms with van der Waals surface area (Å²) in [7, 11) is 0. The molecule has 1 amide bonds. The predicted molar refractivity (Wildman–Crippen MR) is 71.1 cm³/mol. The van der Waals surface area contributed by atoms with Crippen LogP contribution in [0.25, 0.3) is 0 Å². The molecule has 0 aromatic heterocycles. The zero-order valence-corrected chi connectivity index (χ0v) is 11.4. The molecule has 2 atom stereocenters. The number of ketones is 1. The molecule has 3 heteroatoms. The van der Waals surface area contributed by atoms with Gasteiger partial charge in [-0.1, -0.05) is 19.4 Å². The van der Waals surface area contributed by atoms with E-state index in [1.165, 1.54) is 0 Å². The van der Waals surface area contributed by atoms with Crippen molar-refractivity contribution >= 4 is 11.7 Å². The average molecular weight is 249 g/mol. The molecule has 18 heavy (non-hydrogen) atoms. The van der Waals surface area contributed by atoms with E-state index in [4.69, 9.17) is 0 Å². The summed E-state index contributed by atoms with van der Waals surface area (Å²) in [5, 5.41) is 0. The van der Waals surface area contributed by atoms with Crippen molar-refractivity contribution in [2.45, 2.75) is 46.0 Å². The molecule has 1 heterocycles. The topological polar surface area (TPSA) is 37.4 Å². The molecule has 0 aromatic rings. The Morgan fingerprint density at radius 3 is 2.78 bits per heavy atom. The molecule has 0 N–H and O–H groups in total. The second kappa shape index (κ2) is 5.68. The molecular formula is C15H23NO2. The Morgan fingerprint density at radius 1 is 1.33 bits per heavy atom. The number of hydrogen-bond donors (Lipinski definition) is 0. The first-order valence-corrected chi connectivity index (χ1v) is 7.16. The highest BCUT2D eigenvalue weighted by Crippen LogP contribution is 2.32. The number of nitrogens with zero attached hydrogens (tertiary/aromatic N) is 1. The van der Waals surface area contributed by atoms with Crippen molar-refractivity contribution in [2.24, 2.45) is 11.8 Å². The normalized spacial score (nSPS) is 29.4. The van der Waals surface area contributed by atoms with Gasteiger partial charge in [0.15, 0.2) is 5.78 Å². The molecule has 1 aliphatic heterocycles. The fourth-order valence-electron chi connectivity index (χ4n) is 2.97. The van der Waals surface area contributed by atoms with Crippen molar-refractivity contribution in [3.05, 3.63) is 11.6 Å². The number of amides is 1. The van der Waals surface area contributed by atoms with Crippen molar-refractivity contribution in [2.75, 3.05) is 13.1 Å². The van der Waals surface area contributed by atoms with Gasteiger partial charge in [-0.05, 0) is 38.2 Å². The monoisotopic (exact) mass is 249 g/mol. The molecule has 0 aromatic carbocycles. The van der Waals surface area contributed by atoms with Gasteiger partial charge in [0, 0.05) is 19.0 Å². The van der Waals surface area contributed by atoms with Gasteiger partial charge in [-0.2, -0.15) is 0 Å². The lowest BCUT2D eigenvalue weighted by Crippen LogP contribution is -2.42. The Balaban J connectivity index is 2.10. The predicted octanol–water partition coefficient (Wildman–Crippen LogP) is 2.56. The van der Waals surface area contributed by atoms with Crippen LogP contribution in [0.3, 0.4) is 0 Å². The first-order valence-electron chi connectivity index (χ1n) is 7.16. The molecule has 0 bridgehead atoms. The zero-order valence-electron chi connectivity index (χ0n) is 11.4. The maximum atomic E-state index is 12.4. The van der Waals surface area contributed by atoms with Crippen molar-refractivity contribution in [3.63, 3.8) is 0 Å². The Kier molecular flexibility index (Phi) is 4.20. The summed E-state index contributed by atoms with van der Waals surface area (Å²) < 4.78 is 0. The largest absolute Gasteiger partial charge is 0.342 e. The Bertz CT molecular complexity index is 371. The van der Waals surface area contributed by atoms with E-state index < -0.39 is 0 Å². The minimum Gasteiger partial charge on any atom is -0.342 e. The fourth-order valence-corrected chi connectivity index (χ4v) is 2.97. The highest BCUT2D eigenvalue weighted by Gasteiger charge is 2.33. The molecule has 2 aliphatic rings. The summed E-state index contributed by atoms with van der Waals surface area (Å²) in [5.41, 5.74) is 1.09. The van der Waals surface area contributed by atoms with Gasteiger partial charge in [0.1, 0.15) is 0 Å². The zero-order chi connectivity index (χ0) is 13.1. The first-order chi connectivity index (χ1) is 8.63. The molecule has 2 rings (SSSR count). The van der Waals surface area contributed by atoms with E-state index in [1.807, 2.05) is 11.8 Å². The summed E-state index contributed by atoms with van der Waals surface area (Å²) in [4.78, 5) is 26.1. The number of hydrogen-bond acceptors (Lipinski definition) is 2. The first kappa shape index (κ1) is 13.3. The number of allylic oxidation sites excluding steroid dienone is 1. The van der Waals surface area contributed by atoms with E-state index in [0.717, 1.165) is 50.8 Å². The highest BCUT2D eigenvalue weighted by molar-refractivity contribution is 5.94. The number of likely N-dealkylation sites (tertiary alicyclic amines) is 1. The summed E-state index contributed by atoms with van der Waals surface area (Å²) in [6.45, 7) is 5.82. The lowest BCUT2D eigenvalue weighted by molar-refractivity contribution is -0.137. The summed E-state index contributed by atoms with van der Waals surface area (Å²) >= 11 is 0. The fraction of sp³-hybridized carbons (Fsp3) is 0.733. The van der Waals surface area contributed by atoms with Crippen LogP contribution >= 0.6 is 0 Å². The van der Waals surface area contributed by atoms with E-state index in [-0.39, 0.29) is 23.5 Å². The van der Waals surface area contributed by atoms with Crippen LogP contribution in [0, 0.1) is 11.8 Å². The summed E-state index contributed by atoms with van der Waals surface area (Å²) in [6, 6.07) is 0. The van der Waals surface area contributed by atoms with Gasteiger partial charge in [-0.25, -0.2) is 0 Å². The molecule has 0 spiro atoms. The van der Waals surface area contributed by atoms with Gasteiger partial charge >= 0.3 is 0 Å². The maximum absolute atomic E-state index is 12.4. The van der Waals surface area contributed by atoms with Gasteiger partial charge in [-0.15, -0.1) is 0 Å². The Morgan fingerprint density at radius 2 is 2.11 bits per heavy atom. The minimum absolute atomic E-state index is 0.0123. The van der Waals surface area contributed by atoms with E-state index in [9.17, 15) is 9.59 Å². The van der Waals surface area contributed by atoms with Crippen LogP contribution in [0.5, 0.6) is 0 Å². The molecule has 1 saturated heterocycles. The van der Waals surface area contributed by atoms with E-state index in [2.05, 4.69) is 6.92 Å². The van der Waals surface area contributed by atoms with Gasteiger partial charge in [0.05, 0.1) is 5.92 Å². The molecule has 1 fully saturated rings. The smallest absolute Gasteiger partial charge is 0.229 e. The molecule has 0 radical (unpaired) electrons. The lowest BCUT2D eigenvalue weighted by Gasteiger charge is -2.34. The molecule has 3 nitrogen and oxygen atoms in total. The maximum Gasteiger partial charge on any atom is 0.229 e. The summed E-state index contributed by atoms with van der Waals surface area (Å²) in [6.07, 6.45) is 6.58. The van der Waals surface area contributed by atoms with Gasteiger partial charge in [0.2, 0.25) is 5.91 Å². The van der Waals surface area contributed by atoms with Crippen molar-refractivity contribution in [3.8, 4) is 0 Å². The van der Waals surface area contributed by atoms with Gasteiger partial charge in [-0.3, -0.25) is 9.59 Å². The lowest BCUT2D eigenvalue weighted by atomic mass is 9.80. The van der Waals surface area contributed by atoms with Crippen LogP contribution in [0.2, 0.25) is 0 Å². The molecule has 100 valence electrons. The highest BCUT2D eigenvalue weighted by atomic mass is 16.2. The van der Waals surface area contributed by atoms with Crippen LogP contribution in [-0.2, 0) is 9.59 Å². The molecule has 1 aliphatic carbocycles. The van der Waals surface area contributed by atoms with E-state index >= 15 is 0 Å². The van der Waals surface area contributed by atoms with Gasteiger partial charge in [0.25, 0.3) is 0 Å². The summed E-state index contributed by atoms with van der Waals surface area (Å²) in [5.74, 6) is 0.578. The van der Waals surface area contributed by atoms with Crippen LogP contribution in [0.15, 0.2) is 11.6 Å².